The van der Waals surface area contributed by atoms with Crippen LogP contribution in [0.4, 0.5) is 0 Å². The van der Waals surface area contributed by atoms with Crippen LogP contribution in [0.25, 0.3) is 10.6 Å². The van der Waals surface area contributed by atoms with Gasteiger partial charge in [-0.3, -0.25) is 14.3 Å². The van der Waals surface area contributed by atoms with Gasteiger partial charge in [-0.1, -0.05) is 12.1 Å². The molecule has 4 rings (SSSR count). The lowest BCUT2D eigenvalue weighted by Gasteiger charge is -2.13. The van der Waals surface area contributed by atoms with Crippen LogP contribution in [-0.4, -0.2) is 44.2 Å². The standard InChI is InChI=1S/C17H12N4O4S/c1-20-7-10(6-18-20)14-19-13(8-26-14)17(24)25-9-21-15(22)11-4-2-3-5-12(11)16(21)23/h2-8H,9H2,1H3. The largest absolute Gasteiger partial charge is 0.439 e. The molecule has 0 saturated carbocycles. The molecular formula is C17H12N4O4S. The van der Waals surface area contributed by atoms with E-state index in [1.165, 1.54) is 11.3 Å². The number of aromatic nitrogens is 3. The predicted octanol–water partition coefficient (Wildman–Crippen LogP) is 1.95. The number of carbonyl (C=O) groups excluding carboxylic acids is 3. The van der Waals surface area contributed by atoms with Gasteiger partial charge >= 0.3 is 5.97 Å². The van der Waals surface area contributed by atoms with Crippen molar-refractivity contribution in [2.24, 2.45) is 7.05 Å². The molecule has 3 aromatic rings. The molecule has 0 radical (unpaired) electrons. The predicted molar refractivity (Wildman–Crippen MR) is 91.5 cm³/mol. The molecule has 26 heavy (non-hydrogen) atoms. The van der Waals surface area contributed by atoms with Crippen molar-refractivity contribution in [3.8, 4) is 10.6 Å². The monoisotopic (exact) mass is 368 g/mol. The minimum atomic E-state index is -0.701. The van der Waals surface area contributed by atoms with Crippen LogP contribution in [0, 0.1) is 0 Å². The zero-order valence-electron chi connectivity index (χ0n) is 13.6. The quantitative estimate of drug-likeness (QED) is 0.516. The van der Waals surface area contributed by atoms with Gasteiger partial charge in [0, 0.05) is 24.2 Å². The molecule has 0 spiro atoms. The summed E-state index contributed by atoms with van der Waals surface area (Å²) < 4.78 is 6.74. The molecule has 0 fully saturated rings. The SMILES string of the molecule is Cn1cc(-c2nc(C(=O)OCN3C(=O)c4ccccc4C3=O)cs2)cn1. The summed E-state index contributed by atoms with van der Waals surface area (Å²) >= 11 is 1.28. The summed E-state index contributed by atoms with van der Waals surface area (Å²) in [6.07, 6.45) is 3.43. The summed E-state index contributed by atoms with van der Waals surface area (Å²) in [5, 5.41) is 6.25. The second-order valence-electron chi connectivity index (χ2n) is 5.59. The molecule has 0 unspecified atom stereocenters. The Hall–Kier alpha value is -3.33. The summed E-state index contributed by atoms with van der Waals surface area (Å²) in [7, 11) is 1.79. The second kappa shape index (κ2) is 6.19. The molecule has 9 heteroatoms. The highest BCUT2D eigenvalue weighted by Crippen LogP contribution is 2.24. The van der Waals surface area contributed by atoms with E-state index in [9.17, 15) is 14.4 Å². The molecule has 0 atom stereocenters. The van der Waals surface area contributed by atoms with E-state index in [2.05, 4.69) is 10.1 Å². The highest BCUT2D eigenvalue weighted by molar-refractivity contribution is 7.13. The topological polar surface area (TPSA) is 94.4 Å². The van der Waals surface area contributed by atoms with E-state index < -0.39 is 24.5 Å². The fourth-order valence-electron chi connectivity index (χ4n) is 2.59. The van der Waals surface area contributed by atoms with E-state index in [4.69, 9.17) is 4.74 Å². The van der Waals surface area contributed by atoms with Gasteiger partial charge in [0.1, 0.15) is 5.01 Å². The number of rotatable bonds is 4. The molecule has 130 valence electrons. The molecule has 2 amide bonds. The number of fused-ring (bicyclic) bond motifs is 1. The summed E-state index contributed by atoms with van der Waals surface area (Å²) in [4.78, 5) is 41.8. The third kappa shape index (κ3) is 2.68. The summed E-state index contributed by atoms with van der Waals surface area (Å²) in [5.74, 6) is -1.66. The maximum absolute atomic E-state index is 12.2. The number of benzene rings is 1. The Bertz CT molecular complexity index is 1000. The Morgan fingerprint density at radius 3 is 2.50 bits per heavy atom. The van der Waals surface area contributed by atoms with E-state index in [0.29, 0.717) is 16.1 Å². The Morgan fingerprint density at radius 1 is 1.19 bits per heavy atom. The van der Waals surface area contributed by atoms with E-state index in [-0.39, 0.29) is 5.69 Å². The molecular weight excluding hydrogens is 356 g/mol. The summed E-state index contributed by atoms with van der Waals surface area (Å²) in [6.45, 7) is -0.453. The van der Waals surface area contributed by atoms with Crippen molar-refractivity contribution >= 4 is 29.1 Å². The molecule has 1 aliphatic heterocycles. The van der Waals surface area contributed by atoms with Crippen LogP contribution in [0.1, 0.15) is 31.2 Å². The fourth-order valence-corrected chi connectivity index (χ4v) is 3.35. The van der Waals surface area contributed by atoms with Crippen molar-refractivity contribution in [1.82, 2.24) is 19.7 Å². The number of amides is 2. The van der Waals surface area contributed by atoms with Gasteiger partial charge in [0.2, 0.25) is 0 Å². The number of thiazole rings is 1. The molecule has 1 aliphatic rings. The highest BCUT2D eigenvalue weighted by Gasteiger charge is 2.35. The van der Waals surface area contributed by atoms with E-state index in [1.54, 1.807) is 53.8 Å². The number of nitrogens with zero attached hydrogens (tertiary/aromatic N) is 4. The van der Waals surface area contributed by atoms with Gasteiger partial charge < -0.3 is 4.74 Å². The Morgan fingerprint density at radius 2 is 1.88 bits per heavy atom. The molecule has 0 N–H and O–H groups in total. The fraction of sp³-hybridized carbons (Fsp3) is 0.118. The number of aryl methyl sites for hydroxylation is 1. The van der Waals surface area contributed by atoms with E-state index in [1.807, 2.05) is 0 Å². The van der Waals surface area contributed by atoms with Crippen LogP contribution in [0.5, 0.6) is 0 Å². The Labute approximate surface area is 151 Å². The minimum absolute atomic E-state index is 0.116. The lowest BCUT2D eigenvalue weighted by atomic mass is 10.1. The van der Waals surface area contributed by atoms with Crippen LogP contribution < -0.4 is 0 Å². The Balaban J connectivity index is 1.44. The molecule has 1 aromatic carbocycles. The van der Waals surface area contributed by atoms with Gasteiger partial charge in [-0.2, -0.15) is 5.10 Å². The first-order valence-corrected chi connectivity index (χ1v) is 8.49. The third-order valence-electron chi connectivity index (χ3n) is 3.87. The number of ether oxygens (including phenoxy) is 1. The zero-order chi connectivity index (χ0) is 18.3. The first kappa shape index (κ1) is 16.2. The van der Waals surface area contributed by atoms with E-state index >= 15 is 0 Å². The van der Waals surface area contributed by atoms with Crippen molar-refractivity contribution in [3.63, 3.8) is 0 Å². The number of imide groups is 1. The number of hydrogen-bond donors (Lipinski definition) is 0. The average molecular weight is 368 g/mol. The lowest BCUT2D eigenvalue weighted by molar-refractivity contribution is 0.0224. The van der Waals surface area contributed by atoms with Crippen LogP contribution in [-0.2, 0) is 11.8 Å². The van der Waals surface area contributed by atoms with Gasteiger partial charge in [0.05, 0.1) is 17.3 Å². The Kier molecular flexibility index (Phi) is 3.85. The van der Waals surface area contributed by atoms with Gasteiger partial charge in [0.15, 0.2) is 12.4 Å². The molecule has 8 nitrogen and oxygen atoms in total. The van der Waals surface area contributed by atoms with Gasteiger partial charge in [-0.25, -0.2) is 14.7 Å². The number of carbonyl (C=O) groups is 3. The molecule has 0 aliphatic carbocycles. The van der Waals surface area contributed by atoms with Gasteiger partial charge in [-0.05, 0) is 12.1 Å². The first-order valence-electron chi connectivity index (χ1n) is 7.61. The third-order valence-corrected chi connectivity index (χ3v) is 4.76. The van der Waals surface area contributed by atoms with Crippen molar-refractivity contribution in [1.29, 1.82) is 0 Å². The molecule has 0 saturated heterocycles. The summed E-state index contributed by atoms with van der Waals surface area (Å²) in [5.41, 5.74) is 1.52. The number of hydrogen-bond acceptors (Lipinski definition) is 7. The first-order chi connectivity index (χ1) is 12.5. The highest BCUT2D eigenvalue weighted by atomic mass is 32.1. The van der Waals surface area contributed by atoms with Crippen LogP contribution >= 0.6 is 11.3 Å². The molecule has 2 aromatic heterocycles. The normalized spacial score (nSPS) is 13.2. The van der Waals surface area contributed by atoms with E-state index in [0.717, 1.165) is 10.5 Å². The summed E-state index contributed by atoms with van der Waals surface area (Å²) in [6, 6.07) is 6.49. The minimum Gasteiger partial charge on any atom is -0.439 e. The average Bonchev–Trinajstić information content (AvgIpc) is 3.34. The lowest BCUT2D eigenvalue weighted by Crippen LogP contribution is -2.33. The van der Waals surface area contributed by atoms with Crippen LogP contribution in [0.3, 0.4) is 0 Å². The second-order valence-corrected chi connectivity index (χ2v) is 6.44. The van der Waals surface area contributed by atoms with Gasteiger partial charge in [-0.15, -0.1) is 11.3 Å². The molecule has 0 bridgehead atoms. The zero-order valence-corrected chi connectivity index (χ0v) is 14.4. The van der Waals surface area contributed by atoms with Crippen molar-refractivity contribution in [2.75, 3.05) is 6.73 Å². The van der Waals surface area contributed by atoms with Crippen molar-refractivity contribution in [2.45, 2.75) is 0 Å². The van der Waals surface area contributed by atoms with Crippen molar-refractivity contribution < 1.29 is 19.1 Å². The smallest absolute Gasteiger partial charge is 0.359 e. The van der Waals surface area contributed by atoms with Crippen molar-refractivity contribution in [3.05, 3.63) is 58.9 Å². The molecule has 3 heterocycles. The maximum Gasteiger partial charge on any atom is 0.359 e. The maximum atomic E-state index is 12.2. The number of esters is 1. The van der Waals surface area contributed by atoms with Crippen LogP contribution in [0.15, 0.2) is 42.0 Å². The van der Waals surface area contributed by atoms with Gasteiger partial charge in [0.25, 0.3) is 11.8 Å². The van der Waals surface area contributed by atoms with Crippen LogP contribution in [0.2, 0.25) is 0 Å².